The molecule has 1 amide bonds. The molecule has 0 bridgehead atoms. The van der Waals surface area contributed by atoms with E-state index in [0.29, 0.717) is 31.7 Å². The minimum atomic E-state index is -3.61. The van der Waals surface area contributed by atoms with Crippen LogP contribution in [0.15, 0.2) is 29.2 Å². The minimum absolute atomic E-state index is 0.0705. The highest BCUT2D eigenvalue weighted by molar-refractivity contribution is 7.91. The third kappa shape index (κ3) is 6.24. The first-order valence-electron chi connectivity index (χ1n) is 9.97. The van der Waals surface area contributed by atoms with Crippen molar-refractivity contribution in [3.05, 3.63) is 24.3 Å². The number of carbonyl (C=O) groups is 1. The molecule has 0 spiro atoms. The summed E-state index contributed by atoms with van der Waals surface area (Å²) in [6.07, 6.45) is 1.34. The second-order valence-electron chi connectivity index (χ2n) is 7.19. The second-order valence-corrected chi connectivity index (χ2v) is 11.4. The van der Waals surface area contributed by atoms with Crippen molar-refractivity contribution in [2.75, 3.05) is 43.0 Å². The van der Waals surface area contributed by atoms with Gasteiger partial charge < -0.3 is 5.32 Å². The molecule has 1 saturated heterocycles. The van der Waals surface area contributed by atoms with Gasteiger partial charge in [-0.05, 0) is 37.6 Å². The molecule has 1 aliphatic rings. The first-order valence-corrected chi connectivity index (χ1v) is 13.2. The van der Waals surface area contributed by atoms with Gasteiger partial charge in [0.2, 0.25) is 15.9 Å². The van der Waals surface area contributed by atoms with E-state index in [1.54, 1.807) is 26.0 Å². The topological polar surface area (TPSA) is 104 Å². The summed E-state index contributed by atoms with van der Waals surface area (Å²) in [4.78, 5) is 14.6. The summed E-state index contributed by atoms with van der Waals surface area (Å²) >= 11 is 0. The monoisotopic (exact) mass is 445 g/mol. The normalized spacial score (nSPS) is 19.0. The molecule has 1 unspecified atom stereocenters. The van der Waals surface area contributed by atoms with Crippen molar-refractivity contribution in [3.63, 3.8) is 0 Å². The van der Waals surface area contributed by atoms with Gasteiger partial charge in [0.1, 0.15) is 0 Å². The lowest BCUT2D eigenvalue weighted by Gasteiger charge is -2.27. The molecule has 1 N–H and O–H groups in total. The van der Waals surface area contributed by atoms with Gasteiger partial charge in [-0.1, -0.05) is 26.8 Å². The van der Waals surface area contributed by atoms with Crippen molar-refractivity contribution < 1.29 is 21.6 Å². The summed E-state index contributed by atoms with van der Waals surface area (Å²) in [6, 6.07) is 6.05. The van der Waals surface area contributed by atoms with E-state index in [2.05, 4.69) is 5.32 Å². The van der Waals surface area contributed by atoms with Crippen LogP contribution in [-0.4, -0.2) is 75.7 Å². The number of hydrogen-bond donors (Lipinski definition) is 1. The summed E-state index contributed by atoms with van der Waals surface area (Å²) in [5, 5.41) is 2.75. The van der Waals surface area contributed by atoms with Gasteiger partial charge in [-0.25, -0.2) is 16.8 Å². The van der Waals surface area contributed by atoms with Crippen molar-refractivity contribution in [2.24, 2.45) is 0 Å². The quantitative estimate of drug-likeness (QED) is 0.586. The van der Waals surface area contributed by atoms with Crippen molar-refractivity contribution in [1.29, 1.82) is 0 Å². The number of amides is 1. The van der Waals surface area contributed by atoms with E-state index in [9.17, 15) is 21.6 Å². The van der Waals surface area contributed by atoms with E-state index in [0.717, 1.165) is 6.42 Å². The number of hydrogen-bond acceptors (Lipinski definition) is 6. The van der Waals surface area contributed by atoms with Gasteiger partial charge in [-0.2, -0.15) is 4.31 Å². The van der Waals surface area contributed by atoms with Crippen LogP contribution >= 0.6 is 0 Å². The smallest absolute Gasteiger partial charge is 0.243 e. The molecule has 0 aromatic heterocycles. The second kappa shape index (κ2) is 10.0. The standard InChI is InChI=1S/C19H31N3O5S2/c1-4-11-21(17-10-12-28(24,25)15-17)14-19(23)20-16-8-7-9-18(13-16)29(26,27)22(5-2)6-3/h7-9,13,17H,4-6,10-12,14-15H2,1-3H3,(H,20,23). The van der Waals surface area contributed by atoms with Crippen LogP contribution in [0.3, 0.4) is 0 Å². The Morgan fingerprint density at radius 2 is 1.90 bits per heavy atom. The van der Waals surface area contributed by atoms with Crippen LogP contribution in [0.1, 0.15) is 33.6 Å². The Labute approximate surface area is 174 Å². The number of nitrogens with one attached hydrogen (secondary N) is 1. The van der Waals surface area contributed by atoms with Gasteiger partial charge in [-0.15, -0.1) is 0 Å². The number of carbonyl (C=O) groups excluding carboxylic acids is 1. The Hall–Kier alpha value is -1.49. The van der Waals surface area contributed by atoms with Crippen LogP contribution in [0, 0.1) is 0 Å². The van der Waals surface area contributed by atoms with Gasteiger partial charge in [0.25, 0.3) is 0 Å². The van der Waals surface area contributed by atoms with E-state index >= 15 is 0 Å². The highest BCUT2D eigenvalue weighted by Crippen LogP contribution is 2.21. The molecular formula is C19H31N3O5S2. The molecule has 10 heteroatoms. The van der Waals surface area contributed by atoms with Crippen molar-refractivity contribution in [2.45, 2.75) is 44.6 Å². The van der Waals surface area contributed by atoms with Crippen LogP contribution < -0.4 is 5.32 Å². The Morgan fingerprint density at radius 3 is 2.45 bits per heavy atom. The summed E-state index contributed by atoms with van der Waals surface area (Å²) < 4.78 is 50.3. The Kier molecular flexibility index (Phi) is 8.21. The third-order valence-electron chi connectivity index (χ3n) is 5.04. The first kappa shape index (κ1) is 23.8. The van der Waals surface area contributed by atoms with E-state index in [4.69, 9.17) is 0 Å². The van der Waals surface area contributed by atoms with Crippen LogP contribution in [0.5, 0.6) is 0 Å². The highest BCUT2D eigenvalue weighted by Gasteiger charge is 2.32. The number of anilines is 1. The number of nitrogens with zero attached hydrogens (tertiary/aromatic N) is 2. The predicted octanol–water partition coefficient (Wildman–Crippen LogP) is 1.55. The molecule has 0 radical (unpaired) electrons. The van der Waals surface area contributed by atoms with Crippen molar-refractivity contribution >= 4 is 31.5 Å². The number of rotatable bonds is 10. The number of sulfone groups is 1. The first-order chi connectivity index (χ1) is 13.6. The molecule has 2 rings (SSSR count). The Morgan fingerprint density at radius 1 is 1.21 bits per heavy atom. The molecule has 1 aromatic rings. The zero-order valence-corrected chi connectivity index (χ0v) is 18.9. The van der Waals surface area contributed by atoms with Gasteiger partial charge in [-0.3, -0.25) is 9.69 Å². The predicted molar refractivity (Wildman–Crippen MR) is 114 cm³/mol. The van der Waals surface area contributed by atoms with Crippen LogP contribution in [0.4, 0.5) is 5.69 Å². The lowest BCUT2D eigenvalue weighted by molar-refractivity contribution is -0.117. The summed E-state index contributed by atoms with van der Waals surface area (Å²) in [5.41, 5.74) is 0.402. The molecule has 0 saturated carbocycles. The SMILES string of the molecule is CCCN(CC(=O)Nc1cccc(S(=O)(=O)N(CC)CC)c1)C1CCS(=O)(=O)C1. The molecule has 1 aliphatic heterocycles. The van der Waals surface area contributed by atoms with E-state index in [1.165, 1.54) is 16.4 Å². The van der Waals surface area contributed by atoms with Gasteiger partial charge >= 0.3 is 0 Å². The molecule has 1 atom stereocenters. The highest BCUT2D eigenvalue weighted by atomic mass is 32.2. The van der Waals surface area contributed by atoms with E-state index < -0.39 is 19.9 Å². The molecule has 0 aliphatic carbocycles. The summed E-state index contributed by atoms with van der Waals surface area (Å²) in [7, 11) is -6.65. The maximum atomic E-state index is 12.7. The lowest BCUT2D eigenvalue weighted by Crippen LogP contribution is -2.42. The fraction of sp³-hybridized carbons (Fsp3) is 0.632. The van der Waals surface area contributed by atoms with Crippen molar-refractivity contribution in [3.8, 4) is 0 Å². The third-order valence-corrected chi connectivity index (χ3v) is 8.84. The summed E-state index contributed by atoms with van der Waals surface area (Å²) in [6.45, 7) is 6.97. The number of benzene rings is 1. The lowest BCUT2D eigenvalue weighted by atomic mass is 10.2. The van der Waals surface area contributed by atoms with Crippen LogP contribution in [-0.2, 0) is 24.7 Å². The zero-order valence-electron chi connectivity index (χ0n) is 17.3. The van der Waals surface area contributed by atoms with Gasteiger partial charge in [0, 0.05) is 24.8 Å². The van der Waals surface area contributed by atoms with Gasteiger partial charge in [0.15, 0.2) is 9.84 Å². The van der Waals surface area contributed by atoms with Crippen LogP contribution in [0.25, 0.3) is 0 Å². The molecule has 1 heterocycles. The van der Waals surface area contributed by atoms with Crippen molar-refractivity contribution in [1.82, 2.24) is 9.21 Å². The fourth-order valence-corrected chi connectivity index (χ4v) is 6.84. The molecule has 29 heavy (non-hydrogen) atoms. The largest absolute Gasteiger partial charge is 0.325 e. The molecule has 164 valence electrons. The van der Waals surface area contributed by atoms with E-state index in [-0.39, 0.29) is 34.9 Å². The van der Waals surface area contributed by atoms with Crippen LogP contribution in [0.2, 0.25) is 0 Å². The molecule has 1 aromatic carbocycles. The fourth-order valence-electron chi connectivity index (χ4n) is 3.57. The molecule has 1 fully saturated rings. The zero-order chi connectivity index (χ0) is 21.7. The van der Waals surface area contributed by atoms with Gasteiger partial charge in [0.05, 0.1) is 22.9 Å². The Balaban J connectivity index is 2.10. The Bertz CT molecular complexity index is 912. The maximum absolute atomic E-state index is 12.7. The molecule has 8 nitrogen and oxygen atoms in total. The minimum Gasteiger partial charge on any atom is -0.325 e. The summed E-state index contributed by atoms with van der Waals surface area (Å²) in [5.74, 6) is -0.0528. The van der Waals surface area contributed by atoms with E-state index in [1.807, 2.05) is 11.8 Å². The maximum Gasteiger partial charge on any atom is 0.243 e. The number of sulfonamides is 1. The average molecular weight is 446 g/mol. The molecular weight excluding hydrogens is 414 g/mol. The average Bonchev–Trinajstić information content (AvgIpc) is 3.02.